The molecule has 3 N–H and O–H groups in total. The topological polar surface area (TPSA) is 38.0 Å². The van der Waals surface area contributed by atoms with Crippen LogP contribution in [-0.2, 0) is 13.1 Å². The van der Waals surface area contributed by atoms with Gasteiger partial charge in [0.2, 0.25) is 0 Å². The molecule has 0 heterocycles. The van der Waals surface area contributed by atoms with Gasteiger partial charge in [-0.2, -0.15) is 0 Å². The Bertz CT molecular complexity index is 274. The molecule has 1 aromatic carbocycles. The Kier molecular flexibility index (Phi) is 4.69. The van der Waals surface area contributed by atoms with Gasteiger partial charge in [-0.15, -0.1) is 0 Å². The molecular formula is C10H15IN2. The first kappa shape index (κ1) is 10.9. The molecule has 0 radical (unpaired) electrons. The summed E-state index contributed by atoms with van der Waals surface area (Å²) in [6.45, 7) is 4.66. The number of hydrogen-bond acceptors (Lipinski definition) is 2. The summed E-state index contributed by atoms with van der Waals surface area (Å²) in [4.78, 5) is 0. The van der Waals surface area contributed by atoms with Crippen molar-refractivity contribution >= 4 is 22.6 Å². The van der Waals surface area contributed by atoms with Crippen molar-refractivity contribution < 1.29 is 0 Å². The maximum absolute atomic E-state index is 5.59. The number of rotatable bonds is 4. The van der Waals surface area contributed by atoms with Crippen molar-refractivity contribution in [2.75, 3.05) is 6.54 Å². The Hall–Kier alpha value is -0.130. The fraction of sp³-hybridized carbons (Fsp3) is 0.400. The lowest BCUT2D eigenvalue weighted by Gasteiger charge is -2.05. The molecule has 3 heteroatoms. The summed E-state index contributed by atoms with van der Waals surface area (Å²) in [6, 6.07) is 6.46. The first-order valence-electron chi connectivity index (χ1n) is 4.45. The molecule has 0 aliphatic heterocycles. The monoisotopic (exact) mass is 290 g/mol. The smallest absolute Gasteiger partial charge is 0.0205 e. The molecule has 13 heavy (non-hydrogen) atoms. The zero-order chi connectivity index (χ0) is 9.68. The molecule has 0 bridgehead atoms. The molecule has 0 unspecified atom stereocenters. The Balaban J connectivity index is 2.76. The molecule has 1 aromatic rings. The SMILES string of the molecule is CCNCc1cc(I)cc(CN)c1. The van der Waals surface area contributed by atoms with E-state index in [0.717, 1.165) is 13.1 Å². The minimum Gasteiger partial charge on any atom is -0.326 e. The van der Waals surface area contributed by atoms with E-state index in [0.29, 0.717) is 6.54 Å². The van der Waals surface area contributed by atoms with Gasteiger partial charge in [0.05, 0.1) is 0 Å². The van der Waals surface area contributed by atoms with E-state index < -0.39 is 0 Å². The van der Waals surface area contributed by atoms with Crippen LogP contribution in [0.3, 0.4) is 0 Å². The van der Waals surface area contributed by atoms with E-state index in [1.54, 1.807) is 0 Å². The van der Waals surface area contributed by atoms with Gasteiger partial charge >= 0.3 is 0 Å². The third-order valence-electron chi connectivity index (χ3n) is 1.83. The number of hydrogen-bond donors (Lipinski definition) is 2. The lowest BCUT2D eigenvalue weighted by Crippen LogP contribution is -2.12. The van der Waals surface area contributed by atoms with Crippen molar-refractivity contribution in [1.82, 2.24) is 5.32 Å². The van der Waals surface area contributed by atoms with Crippen molar-refractivity contribution in [2.45, 2.75) is 20.0 Å². The number of halogens is 1. The van der Waals surface area contributed by atoms with Crippen LogP contribution in [0, 0.1) is 3.57 Å². The summed E-state index contributed by atoms with van der Waals surface area (Å²) in [5.41, 5.74) is 8.11. The van der Waals surface area contributed by atoms with Gasteiger partial charge in [-0.1, -0.05) is 13.0 Å². The minimum atomic E-state index is 0.621. The van der Waals surface area contributed by atoms with Crippen LogP contribution < -0.4 is 11.1 Å². The molecule has 0 saturated carbocycles. The maximum atomic E-state index is 5.59. The second-order valence-corrected chi connectivity index (χ2v) is 4.20. The van der Waals surface area contributed by atoms with Gasteiger partial charge in [-0.25, -0.2) is 0 Å². The van der Waals surface area contributed by atoms with Crippen LogP contribution in [0.1, 0.15) is 18.1 Å². The second-order valence-electron chi connectivity index (χ2n) is 2.95. The van der Waals surface area contributed by atoms with E-state index in [4.69, 9.17) is 5.73 Å². The van der Waals surface area contributed by atoms with Gasteiger partial charge in [0.15, 0.2) is 0 Å². The summed E-state index contributed by atoms with van der Waals surface area (Å²) in [5.74, 6) is 0. The first-order chi connectivity index (χ1) is 6.26. The van der Waals surface area contributed by atoms with Gasteiger partial charge in [-0.3, -0.25) is 0 Å². The average molecular weight is 290 g/mol. The molecule has 0 fully saturated rings. The summed E-state index contributed by atoms with van der Waals surface area (Å²) in [5, 5.41) is 3.30. The largest absolute Gasteiger partial charge is 0.326 e. The van der Waals surface area contributed by atoms with Gasteiger partial charge in [0, 0.05) is 16.7 Å². The van der Waals surface area contributed by atoms with Crippen molar-refractivity contribution in [2.24, 2.45) is 5.73 Å². The Morgan fingerprint density at radius 2 is 2.00 bits per heavy atom. The predicted molar refractivity (Wildman–Crippen MR) is 64.4 cm³/mol. The van der Waals surface area contributed by atoms with Gasteiger partial charge < -0.3 is 11.1 Å². The fourth-order valence-electron chi connectivity index (χ4n) is 1.21. The lowest BCUT2D eigenvalue weighted by molar-refractivity contribution is 0.725. The maximum Gasteiger partial charge on any atom is 0.0205 e. The van der Waals surface area contributed by atoms with Gasteiger partial charge in [-0.05, 0) is 52.4 Å². The molecule has 72 valence electrons. The Morgan fingerprint density at radius 3 is 2.62 bits per heavy atom. The molecule has 0 atom stereocenters. The van der Waals surface area contributed by atoms with Crippen LogP contribution in [0.5, 0.6) is 0 Å². The van der Waals surface area contributed by atoms with Crippen LogP contribution in [0.2, 0.25) is 0 Å². The Labute approximate surface area is 93.0 Å². The third kappa shape index (κ3) is 3.62. The van der Waals surface area contributed by atoms with E-state index in [2.05, 4.69) is 53.0 Å². The molecule has 0 amide bonds. The van der Waals surface area contributed by atoms with Crippen LogP contribution in [0.15, 0.2) is 18.2 Å². The lowest BCUT2D eigenvalue weighted by atomic mass is 10.1. The molecule has 0 aliphatic rings. The second kappa shape index (κ2) is 5.57. The first-order valence-corrected chi connectivity index (χ1v) is 5.53. The average Bonchev–Trinajstić information content (AvgIpc) is 2.14. The summed E-state index contributed by atoms with van der Waals surface area (Å²) in [7, 11) is 0. The summed E-state index contributed by atoms with van der Waals surface area (Å²) < 4.78 is 1.26. The highest BCUT2D eigenvalue weighted by Gasteiger charge is 1.97. The zero-order valence-electron chi connectivity index (χ0n) is 7.81. The van der Waals surface area contributed by atoms with Gasteiger partial charge in [0.1, 0.15) is 0 Å². The summed E-state index contributed by atoms with van der Waals surface area (Å²) in [6.07, 6.45) is 0. The molecule has 1 rings (SSSR count). The van der Waals surface area contributed by atoms with Crippen molar-refractivity contribution in [1.29, 1.82) is 0 Å². The number of benzene rings is 1. The Morgan fingerprint density at radius 1 is 1.31 bits per heavy atom. The molecule has 2 nitrogen and oxygen atoms in total. The molecule has 0 spiro atoms. The van der Waals surface area contributed by atoms with E-state index in [-0.39, 0.29) is 0 Å². The highest BCUT2D eigenvalue weighted by molar-refractivity contribution is 14.1. The summed E-state index contributed by atoms with van der Waals surface area (Å²) >= 11 is 2.32. The van der Waals surface area contributed by atoms with Crippen LogP contribution in [0.25, 0.3) is 0 Å². The van der Waals surface area contributed by atoms with E-state index in [9.17, 15) is 0 Å². The normalized spacial score (nSPS) is 10.4. The van der Waals surface area contributed by atoms with Gasteiger partial charge in [0.25, 0.3) is 0 Å². The molecule has 0 aromatic heterocycles. The quantitative estimate of drug-likeness (QED) is 0.831. The highest BCUT2D eigenvalue weighted by atomic mass is 127. The number of nitrogens with two attached hydrogens (primary N) is 1. The van der Waals surface area contributed by atoms with Crippen LogP contribution in [-0.4, -0.2) is 6.54 Å². The third-order valence-corrected chi connectivity index (χ3v) is 2.45. The molecule has 0 aliphatic carbocycles. The predicted octanol–water partition coefficient (Wildman–Crippen LogP) is 1.86. The zero-order valence-corrected chi connectivity index (χ0v) is 9.97. The fourth-order valence-corrected chi connectivity index (χ4v) is 2.01. The number of nitrogens with one attached hydrogen (secondary N) is 1. The molecule has 0 saturated heterocycles. The minimum absolute atomic E-state index is 0.621. The van der Waals surface area contributed by atoms with Crippen molar-refractivity contribution in [3.8, 4) is 0 Å². The van der Waals surface area contributed by atoms with E-state index in [1.165, 1.54) is 14.7 Å². The molecular weight excluding hydrogens is 275 g/mol. The van der Waals surface area contributed by atoms with E-state index >= 15 is 0 Å². The van der Waals surface area contributed by atoms with Crippen LogP contribution >= 0.6 is 22.6 Å². The standard InChI is InChI=1S/C10H15IN2/c1-2-13-7-9-3-8(6-12)4-10(11)5-9/h3-5,13H,2,6-7,12H2,1H3. The highest BCUT2D eigenvalue weighted by Crippen LogP contribution is 2.12. The van der Waals surface area contributed by atoms with E-state index in [1.807, 2.05) is 0 Å². The van der Waals surface area contributed by atoms with Crippen molar-refractivity contribution in [3.05, 3.63) is 32.9 Å². The van der Waals surface area contributed by atoms with Crippen LogP contribution in [0.4, 0.5) is 0 Å². The van der Waals surface area contributed by atoms with Crippen molar-refractivity contribution in [3.63, 3.8) is 0 Å².